The van der Waals surface area contributed by atoms with E-state index in [9.17, 15) is 19.2 Å². The topological polar surface area (TPSA) is 114 Å². The zero-order valence-corrected chi connectivity index (χ0v) is 25.0. The van der Waals surface area contributed by atoms with Gasteiger partial charge in [0.1, 0.15) is 5.57 Å². The highest BCUT2D eigenvalue weighted by molar-refractivity contribution is 9.10. The predicted octanol–water partition coefficient (Wildman–Crippen LogP) is 5.77. The molecular weight excluding hydrogens is 590 g/mol. The lowest BCUT2D eigenvalue weighted by Crippen LogP contribution is -2.54. The minimum Gasteiger partial charge on any atom is -0.490 e. The van der Waals surface area contributed by atoms with Crippen molar-refractivity contribution >= 4 is 57.1 Å². The van der Waals surface area contributed by atoms with Gasteiger partial charge in [-0.15, -0.1) is 0 Å². The third kappa shape index (κ3) is 6.66. The van der Waals surface area contributed by atoms with Crippen molar-refractivity contribution in [2.24, 2.45) is 0 Å². The van der Waals surface area contributed by atoms with Crippen LogP contribution >= 0.6 is 15.9 Å². The van der Waals surface area contributed by atoms with Crippen LogP contribution in [0.1, 0.15) is 34.7 Å². The molecule has 0 radical (unpaired) electrons. The molecule has 0 bridgehead atoms. The summed E-state index contributed by atoms with van der Waals surface area (Å²) in [5, 5.41) is 5.09. The van der Waals surface area contributed by atoms with Crippen LogP contribution in [0.4, 0.5) is 16.2 Å². The lowest BCUT2D eigenvalue weighted by molar-refractivity contribution is -0.122. The summed E-state index contributed by atoms with van der Waals surface area (Å²) in [5.74, 6) is -1.31. The average Bonchev–Trinajstić information content (AvgIpc) is 2.90. The smallest absolute Gasteiger partial charge is 0.335 e. The van der Waals surface area contributed by atoms with Gasteiger partial charge in [-0.25, -0.2) is 9.69 Å². The third-order valence-corrected chi connectivity index (χ3v) is 7.10. The molecule has 41 heavy (non-hydrogen) atoms. The van der Waals surface area contributed by atoms with Crippen molar-refractivity contribution < 1.29 is 28.7 Å². The molecule has 1 aliphatic rings. The van der Waals surface area contributed by atoms with E-state index in [0.717, 1.165) is 27.2 Å². The van der Waals surface area contributed by atoms with Crippen molar-refractivity contribution in [3.8, 4) is 11.5 Å². The number of hydrogen-bond acceptors (Lipinski definition) is 6. The van der Waals surface area contributed by atoms with Gasteiger partial charge < -0.3 is 14.8 Å². The molecule has 1 heterocycles. The Labute approximate surface area is 246 Å². The van der Waals surface area contributed by atoms with Gasteiger partial charge in [-0.1, -0.05) is 18.2 Å². The summed E-state index contributed by atoms with van der Waals surface area (Å²) < 4.78 is 12.0. The van der Waals surface area contributed by atoms with Gasteiger partial charge in [0, 0.05) is 5.69 Å². The first-order chi connectivity index (χ1) is 19.5. The lowest BCUT2D eigenvalue weighted by Gasteiger charge is -2.27. The van der Waals surface area contributed by atoms with Crippen LogP contribution in [0, 0.1) is 27.7 Å². The molecule has 212 valence electrons. The Bertz CT molecular complexity index is 1600. The summed E-state index contributed by atoms with van der Waals surface area (Å²) in [7, 11) is 0. The number of carbonyl (C=O) groups excluding carboxylic acids is 4. The largest absolute Gasteiger partial charge is 0.490 e. The average molecular weight is 621 g/mol. The van der Waals surface area contributed by atoms with E-state index in [2.05, 4.69) is 26.6 Å². The molecule has 0 aliphatic carbocycles. The number of amides is 5. The van der Waals surface area contributed by atoms with Crippen LogP contribution < -0.4 is 25.0 Å². The minimum atomic E-state index is -0.820. The quantitative estimate of drug-likeness (QED) is 0.244. The molecule has 0 aromatic heterocycles. The van der Waals surface area contributed by atoms with Crippen LogP contribution in [-0.4, -0.2) is 37.0 Å². The van der Waals surface area contributed by atoms with Gasteiger partial charge in [-0.05, 0) is 115 Å². The van der Waals surface area contributed by atoms with E-state index < -0.39 is 17.8 Å². The Morgan fingerprint density at radius 1 is 0.951 bits per heavy atom. The number of halogens is 1. The minimum absolute atomic E-state index is 0.223. The second kappa shape index (κ2) is 12.4. The Balaban J connectivity index is 1.59. The van der Waals surface area contributed by atoms with E-state index in [-0.39, 0.29) is 23.8 Å². The van der Waals surface area contributed by atoms with E-state index in [1.165, 1.54) is 6.08 Å². The van der Waals surface area contributed by atoms with Crippen molar-refractivity contribution in [3.63, 3.8) is 0 Å². The Morgan fingerprint density at radius 2 is 1.68 bits per heavy atom. The molecule has 10 heteroatoms. The standard InChI is InChI=1S/C31H30BrN3O6/c1-6-40-26-15-21(14-24(32)28(26)41-16-27(36)33-25-11-17(2)7-8-19(25)4)13-23-29(37)34-31(39)35(30(23)38)22-10-9-18(3)20(5)12-22/h7-15H,6,16H2,1-5H3,(H,33,36)(H,34,37,39)/b23-13-. The number of imide groups is 2. The summed E-state index contributed by atoms with van der Waals surface area (Å²) in [4.78, 5) is 52.2. The van der Waals surface area contributed by atoms with Gasteiger partial charge in [0.15, 0.2) is 18.1 Å². The number of rotatable bonds is 8. The Morgan fingerprint density at radius 3 is 2.39 bits per heavy atom. The molecule has 1 fully saturated rings. The number of hydrogen-bond donors (Lipinski definition) is 2. The monoisotopic (exact) mass is 619 g/mol. The van der Waals surface area contributed by atoms with Gasteiger partial charge in [0.25, 0.3) is 17.7 Å². The van der Waals surface area contributed by atoms with E-state index in [1.54, 1.807) is 37.3 Å². The fraction of sp³-hybridized carbons (Fsp3) is 0.226. The maximum atomic E-state index is 13.3. The van der Waals surface area contributed by atoms with Gasteiger partial charge in [0.05, 0.1) is 16.8 Å². The molecule has 1 aliphatic heterocycles. The number of urea groups is 1. The number of benzene rings is 3. The van der Waals surface area contributed by atoms with Crippen molar-refractivity contribution in [2.75, 3.05) is 23.4 Å². The molecule has 0 atom stereocenters. The third-order valence-electron chi connectivity index (χ3n) is 6.51. The van der Waals surface area contributed by atoms with Crippen molar-refractivity contribution in [1.29, 1.82) is 0 Å². The molecule has 2 N–H and O–H groups in total. The fourth-order valence-corrected chi connectivity index (χ4v) is 4.77. The van der Waals surface area contributed by atoms with Crippen LogP contribution in [0.2, 0.25) is 0 Å². The van der Waals surface area contributed by atoms with E-state index in [4.69, 9.17) is 9.47 Å². The van der Waals surface area contributed by atoms with Crippen LogP contribution in [0.15, 0.2) is 58.6 Å². The summed E-state index contributed by atoms with van der Waals surface area (Å²) in [6.45, 7) is 9.45. The highest BCUT2D eigenvalue weighted by Crippen LogP contribution is 2.38. The summed E-state index contributed by atoms with van der Waals surface area (Å²) in [6, 6.07) is 13.4. The van der Waals surface area contributed by atoms with Gasteiger partial charge >= 0.3 is 6.03 Å². The van der Waals surface area contributed by atoms with Gasteiger partial charge in [-0.3, -0.25) is 19.7 Å². The molecule has 0 saturated carbocycles. The Kier molecular flexibility index (Phi) is 8.92. The van der Waals surface area contributed by atoms with E-state index in [1.807, 2.05) is 45.9 Å². The number of ether oxygens (including phenoxy) is 2. The number of carbonyl (C=O) groups is 4. The second-order valence-corrected chi connectivity index (χ2v) is 10.5. The molecule has 3 aromatic carbocycles. The summed E-state index contributed by atoms with van der Waals surface area (Å²) in [6.07, 6.45) is 1.38. The van der Waals surface area contributed by atoms with Crippen molar-refractivity contribution in [3.05, 3.63) is 86.4 Å². The normalized spacial score (nSPS) is 14.2. The van der Waals surface area contributed by atoms with Crippen LogP contribution in [0.5, 0.6) is 11.5 Å². The zero-order chi connectivity index (χ0) is 29.8. The molecule has 9 nitrogen and oxygen atoms in total. The summed E-state index contributed by atoms with van der Waals surface area (Å²) >= 11 is 3.46. The highest BCUT2D eigenvalue weighted by atomic mass is 79.9. The van der Waals surface area contributed by atoms with Crippen LogP contribution in [0.3, 0.4) is 0 Å². The van der Waals surface area contributed by atoms with Crippen LogP contribution in [0.25, 0.3) is 6.08 Å². The first kappa shape index (κ1) is 29.5. The number of nitrogens with zero attached hydrogens (tertiary/aromatic N) is 1. The zero-order valence-electron chi connectivity index (χ0n) is 23.4. The van der Waals surface area contributed by atoms with Gasteiger partial charge in [0.2, 0.25) is 0 Å². The number of aryl methyl sites for hydroxylation is 4. The second-order valence-electron chi connectivity index (χ2n) is 9.64. The number of anilines is 2. The van der Waals surface area contributed by atoms with Crippen molar-refractivity contribution in [1.82, 2.24) is 5.32 Å². The first-order valence-corrected chi connectivity index (χ1v) is 13.7. The SMILES string of the molecule is CCOc1cc(/C=C2/C(=O)NC(=O)N(c3ccc(C)c(C)c3)C2=O)cc(Br)c1OCC(=O)Nc1cc(C)ccc1C. The Hall–Kier alpha value is -4.44. The van der Waals surface area contributed by atoms with Crippen molar-refractivity contribution in [2.45, 2.75) is 34.6 Å². The number of barbiturate groups is 1. The van der Waals surface area contributed by atoms with E-state index in [0.29, 0.717) is 33.8 Å². The van der Waals surface area contributed by atoms with E-state index >= 15 is 0 Å². The van der Waals surface area contributed by atoms with Gasteiger partial charge in [-0.2, -0.15) is 0 Å². The molecule has 4 rings (SSSR count). The fourth-order valence-electron chi connectivity index (χ4n) is 4.19. The maximum absolute atomic E-state index is 13.3. The highest BCUT2D eigenvalue weighted by Gasteiger charge is 2.37. The maximum Gasteiger partial charge on any atom is 0.335 e. The molecule has 1 saturated heterocycles. The van der Waals surface area contributed by atoms with Crippen LogP contribution in [-0.2, 0) is 14.4 Å². The predicted molar refractivity (Wildman–Crippen MR) is 160 cm³/mol. The lowest BCUT2D eigenvalue weighted by atomic mass is 10.0. The molecule has 0 unspecified atom stereocenters. The molecule has 0 spiro atoms. The first-order valence-electron chi connectivity index (χ1n) is 12.9. The molecular formula is C31H30BrN3O6. The summed E-state index contributed by atoms with van der Waals surface area (Å²) in [5.41, 5.74) is 5.12. The number of nitrogens with one attached hydrogen (secondary N) is 2. The molecule has 5 amide bonds. The molecule has 3 aromatic rings.